The van der Waals surface area contributed by atoms with Crippen LogP contribution in [0.2, 0.25) is 0 Å². The van der Waals surface area contributed by atoms with Crippen molar-refractivity contribution >= 4 is 5.78 Å². The molecule has 1 atom stereocenters. The minimum atomic E-state index is 0.0347. The van der Waals surface area contributed by atoms with Crippen LogP contribution in [0.3, 0.4) is 0 Å². The lowest BCUT2D eigenvalue weighted by Gasteiger charge is -2.13. The first kappa shape index (κ1) is 8.47. The zero-order valence-electron chi connectivity index (χ0n) is 7.26. The predicted octanol–water partition coefficient (Wildman–Crippen LogP) is 1.56. The van der Waals surface area contributed by atoms with Crippen LogP contribution >= 0.6 is 0 Å². The Morgan fingerprint density at radius 2 is 2.27 bits per heavy atom. The van der Waals surface area contributed by atoms with E-state index >= 15 is 0 Å². The van der Waals surface area contributed by atoms with Gasteiger partial charge in [0, 0.05) is 5.57 Å². The van der Waals surface area contributed by atoms with Crippen molar-refractivity contribution in [2.45, 2.75) is 26.9 Å². The first-order valence-corrected chi connectivity index (χ1v) is 3.97. The molecule has 62 valence electrons. The van der Waals surface area contributed by atoms with Crippen LogP contribution in [0.5, 0.6) is 0 Å². The van der Waals surface area contributed by atoms with E-state index in [4.69, 9.17) is 4.74 Å². The average Bonchev–Trinajstić information content (AvgIpc) is 2.30. The van der Waals surface area contributed by atoms with Gasteiger partial charge in [-0.25, -0.2) is 0 Å². The molecule has 0 aromatic heterocycles. The number of rotatable bonds is 1. The van der Waals surface area contributed by atoms with Crippen molar-refractivity contribution in [3.63, 3.8) is 0 Å². The van der Waals surface area contributed by atoms with Gasteiger partial charge in [0.15, 0.2) is 5.78 Å². The molecule has 11 heavy (non-hydrogen) atoms. The Labute approximate surface area is 67.2 Å². The van der Waals surface area contributed by atoms with E-state index < -0.39 is 0 Å². The molecule has 1 rings (SSSR count). The highest BCUT2D eigenvalue weighted by Gasteiger charge is 2.30. The molecule has 0 N–H and O–H groups in total. The smallest absolute Gasteiger partial charge is 0.186 e. The largest absolute Gasteiger partial charge is 0.365 e. The van der Waals surface area contributed by atoms with E-state index in [1.165, 1.54) is 0 Å². The molecule has 1 unspecified atom stereocenters. The van der Waals surface area contributed by atoms with Crippen LogP contribution in [0.25, 0.3) is 0 Å². The molecule has 2 nitrogen and oxygen atoms in total. The van der Waals surface area contributed by atoms with Gasteiger partial charge in [0.25, 0.3) is 0 Å². The maximum Gasteiger partial charge on any atom is 0.186 e. The van der Waals surface area contributed by atoms with E-state index in [9.17, 15) is 4.79 Å². The second kappa shape index (κ2) is 3.18. The van der Waals surface area contributed by atoms with Gasteiger partial charge in [-0.05, 0) is 12.8 Å². The second-order valence-corrected chi connectivity index (χ2v) is 3.14. The molecular formula is C9H14O2. The fourth-order valence-corrected chi connectivity index (χ4v) is 1.37. The highest BCUT2D eigenvalue weighted by atomic mass is 16.5. The Bertz CT molecular complexity index is 192. The van der Waals surface area contributed by atoms with Gasteiger partial charge in [-0.15, -0.1) is 0 Å². The third-order valence-corrected chi connectivity index (χ3v) is 1.94. The van der Waals surface area contributed by atoms with Crippen LogP contribution in [-0.2, 0) is 9.53 Å². The van der Waals surface area contributed by atoms with Crippen LogP contribution < -0.4 is 0 Å². The Kier molecular flexibility index (Phi) is 2.45. The lowest BCUT2D eigenvalue weighted by molar-refractivity contribution is -0.115. The van der Waals surface area contributed by atoms with Gasteiger partial charge in [-0.1, -0.05) is 19.9 Å². The minimum Gasteiger partial charge on any atom is -0.365 e. The van der Waals surface area contributed by atoms with Gasteiger partial charge in [-0.2, -0.15) is 0 Å². The Hall–Kier alpha value is -0.630. The molecule has 0 aromatic carbocycles. The highest BCUT2D eigenvalue weighted by molar-refractivity contribution is 5.99. The van der Waals surface area contributed by atoms with Gasteiger partial charge in [0.2, 0.25) is 0 Å². The van der Waals surface area contributed by atoms with Crippen molar-refractivity contribution < 1.29 is 9.53 Å². The number of carbonyl (C=O) groups excluding carboxylic acids is 1. The summed E-state index contributed by atoms with van der Waals surface area (Å²) in [4.78, 5) is 11.1. The zero-order valence-corrected chi connectivity index (χ0v) is 7.26. The van der Waals surface area contributed by atoms with Gasteiger partial charge in [0.05, 0.1) is 6.10 Å². The van der Waals surface area contributed by atoms with Crippen LogP contribution in [0.1, 0.15) is 20.8 Å². The van der Waals surface area contributed by atoms with Gasteiger partial charge in [-0.3, -0.25) is 4.79 Å². The van der Waals surface area contributed by atoms with Crippen molar-refractivity contribution in [2.24, 2.45) is 5.92 Å². The summed E-state index contributed by atoms with van der Waals surface area (Å²) in [7, 11) is 0. The van der Waals surface area contributed by atoms with Gasteiger partial charge >= 0.3 is 0 Å². The quantitative estimate of drug-likeness (QED) is 0.536. The summed E-state index contributed by atoms with van der Waals surface area (Å²) < 4.78 is 5.31. The van der Waals surface area contributed by atoms with Crippen LogP contribution in [-0.4, -0.2) is 18.5 Å². The molecule has 0 radical (unpaired) electrons. The predicted molar refractivity (Wildman–Crippen MR) is 43.3 cm³/mol. The number of ether oxygens (including phenoxy) is 1. The van der Waals surface area contributed by atoms with Crippen molar-refractivity contribution in [2.75, 3.05) is 6.61 Å². The molecule has 2 heteroatoms. The van der Waals surface area contributed by atoms with Crippen molar-refractivity contribution in [1.29, 1.82) is 0 Å². The van der Waals surface area contributed by atoms with Crippen molar-refractivity contribution in [3.05, 3.63) is 11.6 Å². The number of ketones is 1. The van der Waals surface area contributed by atoms with Crippen molar-refractivity contribution in [1.82, 2.24) is 0 Å². The van der Waals surface area contributed by atoms with E-state index in [2.05, 4.69) is 13.8 Å². The Balaban J connectivity index is 2.78. The van der Waals surface area contributed by atoms with E-state index in [1.807, 2.05) is 13.0 Å². The first-order valence-electron chi connectivity index (χ1n) is 3.97. The SMILES string of the molecule is C/C=C1\C(=O)COC1C(C)C. The average molecular weight is 154 g/mol. The molecule has 1 aliphatic heterocycles. The molecule has 0 bridgehead atoms. The van der Waals surface area contributed by atoms with Gasteiger partial charge in [0.1, 0.15) is 6.61 Å². The molecule has 0 amide bonds. The number of hydrogen-bond donors (Lipinski definition) is 0. The van der Waals surface area contributed by atoms with E-state index in [0.717, 1.165) is 5.57 Å². The zero-order chi connectivity index (χ0) is 8.43. The molecule has 1 fully saturated rings. The van der Waals surface area contributed by atoms with Crippen LogP contribution in [0, 0.1) is 5.92 Å². The lowest BCUT2D eigenvalue weighted by atomic mass is 9.98. The normalized spacial score (nSPS) is 28.9. The number of Topliss-reactive ketones (excluding diaryl/α,β-unsaturated/α-hetero) is 1. The second-order valence-electron chi connectivity index (χ2n) is 3.14. The molecule has 1 aliphatic rings. The third-order valence-electron chi connectivity index (χ3n) is 1.94. The summed E-state index contributed by atoms with van der Waals surface area (Å²) in [5.41, 5.74) is 0.847. The minimum absolute atomic E-state index is 0.0347. The molecule has 0 saturated carbocycles. The van der Waals surface area contributed by atoms with Gasteiger partial charge < -0.3 is 4.74 Å². The van der Waals surface area contributed by atoms with Crippen LogP contribution in [0.4, 0.5) is 0 Å². The van der Waals surface area contributed by atoms with Crippen LogP contribution in [0.15, 0.2) is 11.6 Å². The summed E-state index contributed by atoms with van der Waals surface area (Å²) in [6.45, 7) is 6.28. The monoisotopic (exact) mass is 154 g/mol. The molecule has 0 aliphatic carbocycles. The molecule has 0 spiro atoms. The Morgan fingerprint density at radius 1 is 1.64 bits per heavy atom. The number of hydrogen-bond acceptors (Lipinski definition) is 2. The summed E-state index contributed by atoms with van der Waals surface area (Å²) in [6, 6.07) is 0. The topological polar surface area (TPSA) is 26.3 Å². The maximum atomic E-state index is 11.1. The third kappa shape index (κ3) is 1.51. The molecule has 1 heterocycles. The number of allylic oxidation sites excluding steroid dienone is 1. The molecule has 0 aromatic rings. The molecule has 1 saturated heterocycles. The number of carbonyl (C=O) groups is 1. The first-order chi connectivity index (χ1) is 5.16. The lowest BCUT2D eigenvalue weighted by Crippen LogP contribution is -2.16. The van der Waals surface area contributed by atoms with E-state index in [0.29, 0.717) is 5.92 Å². The summed E-state index contributed by atoms with van der Waals surface area (Å²) in [5, 5.41) is 0. The summed E-state index contributed by atoms with van der Waals surface area (Å²) in [6.07, 6.45) is 1.90. The highest BCUT2D eigenvalue weighted by Crippen LogP contribution is 2.22. The standard InChI is InChI=1S/C9H14O2/c1-4-7-8(10)5-11-9(7)6(2)3/h4,6,9H,5H2,1-3H3/b7-4+. The van der Waals surface area contributed by atoms with E-state index in [-0.39, 0.29) is 18.5 Å². The fraction of sp³-hybridized carbons (Fsp3) is 0.667. The summed E-state index contributed by atoms with van der Waals surface area (Å²) in [5.74, 6) is 0.541. The van der Waals surface area contributed by atoms with E-state index in [1.54, 1.807) is 0 Å². The van der Waals surface area contributed by atoms with Crippen molar-refractivity contribution in [3.8, 4) is 0 Å². The molecular weight excluding hydrogens is 140 g/mol. The summed E-state index contributed by atoms with van der Waals surface area (Å²) >= 11 is 0. The Morgan fingerprint density at radius 3 is 2.64 bits per heavy atom. The fourth-order valence-electron chi connectivity index (χ4n) is 1.37. The maximum absolute atomic E-state index is 11.1.